The number of benzene rings is 1. The van der Waals surface area contributed by atoms with Gasteiger partial charge in [-0.1, -0.05) is 24.3 Å². The monoisotopic (exact) mass is 340 g/mol. The third kappa shape index (κ3) is 4.82. The molecule has 1 heterocycles. The molecule has 0 aliphatic rings. The van der Waals surface area contributed by atoms with Crippen molar-refractivity contribution in [1.82, 2.24) is 9.97 Å². The van der Waals surface area contributed by atoms with E-state index in [1.54, 1.807) is 6.92 Å². The van der Waals surface area contributed by atoms with Crippen molar-refractivity contribution in [3.05, 3.63) is 47.2 Å². The molecule has 1 atom stereocenters. The minimum Gasteiger partial charge on any atom is -0.394 e. The molecule has 3 N–H and O–H groups in total. The molecule has 5 nitrogen and oxygen atoms in total. The summed E-state index contributed by atoms with van der Waals surface area (Å²) in [5, 5.41) is 14.6. The predicted molar refractivity (Wildman–Crippen MR) is 85.7 cm³/mol. The van der Waals surface area contributed by atoms with E-state index in [4.69, 9.17) is 5.11 Å². The zero-order valence-corrected chi connectivity index (χ0v) is 13.4. The fourth-order valence-electron chi connectivity index (χ4n) is 2.01. The molecule has 0 spiro atoms. The fourth-order valence-corrected chi connectivity index (χ4v) is 2.01. The van der Waals surface area contributed by atoms with Crippen molar-refractivity contribution < 1.29 is 18.3 Å². The van der Waals surface area contributed by atoms with Gasteiger partial charge in [-0.25, -0.2) is 4.98 Å². The molecule has 130 valence electrons. The van der Waals surface area contributed by atoms with Crippen LogP contribution in [0.15, 0.2) is 30.3 Å². The highest BCUT2D eigenvalue weighted by atomic mass is 19.4. The van der Waals surface area contributed by atoms with Gasteiger partial charge in [-0.2, -0.15) is 18.2 Å². The molecular formula is C16H19F3N4O. The molecule has 0 bridgehead atoms. The van der Waals surface area contributed by atoms with Crippen LogP contribution in [-0.2, 0) is 12.7 Å². The highest BCUT2D eigenvalue weighted by Gasteiger charge is 2.33. The SMILES string of the molecule is Cc1ccccc1CNc1cc(C(F)(F)F)nc(N[C@H](C)CO)n1. The Kier molecular flexibility index (Phi) is 5.61. The Hall–Kier alpha value is -2.35. The quantitative estimate of drug-likeness (QED) is 0.753. The first-order valence-corrected chi connectivity index (χ1v) is 7.41. The van der Waals surface area contributed by atoms with Crippen LogP contribution in [0.5, 0.6) is 0 Å². The lowest BCUT2D eigenvalue weighted by atomic mass is 10.1. The second-order valence-corrected chi connectivity index (χ2v) is 5.47. The summed E-state index contributed by atoms with van der Waals surface area (Å²) in [5.41, 5.74) is 0.947. The smallest absolute Gasteiger partial charge is 0.394 e. The number of rotatable bonds is 6. The van der Waals surface area contributed by atoms with Gasteiger partial charge in [-0.3, -0.25) is 0 Å². The summed E-state index contributed by atoms with van der Waals surface area (Å²) in [6.45, 7) is 3.64. The van der Waals surface area contributed by atoms with E-state index in [0.29, 0.717) is 6.54 Å². The van der Waals surface area contributed by atoms with Crippen LogP contribution in [0, 0.1) is 6.92 Å². The number of nitrogens with zero attached hydrogens (tertiary/aromatic N) is 2. The van der Waals surface area contributed by atoms with E-state index in [1.807, 2.05) is 31.2 Å². The van der Waals surface area contributed by atoms with Crippen LogP contribution in [0.25, 0.3) is 0 Å². The zero-order chi connectivity index (χ0) is 17.7. The minimum atomic E-state index is -4.58. The Morgan fingerprint density at radius 3 is 2.54 bits per heavy atom. The van der Waals surface area contributed by atoms with Crippen LogP contribution in [0.3, 0.4) is 0 Å². The molecule has 1 aromatic heterocycles. The van der Waals surface area contributed by atoms with Gasteiger partial charge in [0.05, 0.1) is 6.61 Å². The molecule has 2 rings (SSSR count). The minimum absolute atomic E-state index is 0.0632. The molecular weight excluding hydrogens is 321 g/mol. The van der Waals surface area contributed by atoms with Crippen molar-refractivity contribution in [3.8, 4) is 0 Å². The van der Waals surface area contributed by atoms with Crippen molar-refractivity contribution >= 4 is 11.8 Å². The Morgan fingerprint density at radius 1 is 1.21 bits per heavy atom. The molecule has 8 heteroatoms. The number of nitrogens with one attached hydrogen (secondary N) is 2. The number of hydrogen-bond donors (Lipinski definition) is 3. The molecule has 0 amide bonds. The third-order valence-electron chi connectivity index (χ3n) is 3.39. The summed E-state index contributed by atoms with van der Waals surface area (Å²) in [5.74, 6) is -0.119. The number of anilines is 2. The number of aliphatic hydroxyl groups excluding tert-OH is 1. The topological polar surface area (TPSA) is 70.1 Å². The van der Waals surface area contributed by atoms with E-state index < -0.39 is 17.9 Å². The molecule has 0 unspecified atom stereocenters. The predicted octanol–water partition coefficient (Wildman–Crippen LogP) is 3.21. The second kappa shape index (κ2) is 7.48. The van der Waals surface area contributed by atoms with E-state index in [-0.39, 0.29) is 18.4 Å². The summed E-state index contributed by atoms with van der Waals surface area (Å²) < 4.78 is 39.0. The lowest BCUT2D eigenvalue weighted by Crippen LogP contribution is -2.22. The van der Waals surface area contributed by atoms with Crippen LogP contribution in [-0.4, -0.2) is 27.7 Å². The van der Waals surface area contributed by atoms with E-state index >= 15 is 0 Å². The molecule has 24 heavy (non-hydrogen) atoms. The molecule has 0 aliphatic heterocycles. The fraction of sp³-hybridized carbons (Fsp3) is 0.375. The van der Waals surface area contributed by atoms with Gasteiger partial charge >= 0.3 is 6.18 Å². The van der Waals surface area contributed by atoms with Crippen LogP contribution < -0.4 is 10.6 Å². The van der Waals surface area contributed by atoms with Gasteiger partial charge in [0.2, 0.25) is 5.95 Å². The largest absolute Gasteiger partial charge is 0.433 e. The van der Waals surface area contributed by atoms with Gasteiger partial charge in [-0.15, -0.1) is 0 Å². The average molecular weight is 340 g/mol. The van der Waals surface area contributed by atoms with Crippen molar-refractivity contribution in [3.63, 3.8) is 0 Å². The van der Waals surface area contributed by atoms with E-state index in [2.05, 4.69) is 20.6 Å². The maximum absolute atomic E-state index is 13.0. The number of hydrogen-bond acceptors (Lipinski definition) is 5. The van der Waals surface area contributed by atoms with Crippen LogP contribution in [0.2, 0.25) is 0 Å². The van der Waals surface area contributed by atoms with Crippen molar-refractivity contribution in [2.45, 2.75) is 32.6 Å². The lowest BCUT2D eigenvalue weighted by Gasteiger charge is -2.15. The molecule has 2 aromatic rings. The molecule has 0 saturated heterocycles. The van der Waals surface area contributed by atoms with E-state index in [9.17, 15) is 13.2 Å². The van der Waals surface area contributed by atoms with Crippen LogP contribution >= 0.6 is 0 Å². The molecule has 0 fully saturated rings. The number of aryl methyl sites for hydroxylation is 1. The Labute approximate surface area is 138 Å². The summed E-state index contributed by atoms with van der Waals surface area (Å²) in [7, 11) is 0. The second-order valence-electron chi connectivity index (χ2n) is 5.47. The van der Waals surface area contributed by atoms with Gasteiger partial charge in [0.1, 0.15) is 5.82 Å². The van der Waals surface area contributed by atoms with Crippen LogP contribution in [0.4, 0.5) is 24.9 Å². The third-order valence-corrected chi connectivity index (χ3v) is 3.39. The van der Waals surface area contributed by atoms with Crippen LogP contribution in [0.1, 0.15) is 23.7 Å². The standard InChI is InChI=1S/C16H19F3N4O/c1-10-5-3-4-6-12(10)8-20-14-7-13(16(17,18)19)22-15(23-14)21-11(2)9-24/h3-7,11,24H,8-9H2,1-2H3,(H2,20,21,22,23)/t11-/m1/s1. The Morgan fingerprint density at radius 2 is 1.92 bits per heavy atom. The maximum Gasteiger partial charge on any atom is 0.433 e. The zero-order valence-electron chi connectivity index (χ0n) is 13.4. The van der Waals surface area contributed by atoms with Gasteiger partial charge in [0.15, 0.2) is 5.69 Å². The first kappa shape index (κ1) is 18.0. The highest BCUT2D eigenvalue weighted by molar-refractivity contribution is 5.44. The van der Waals surface area contributed by atoms with Gasteiger partial charge in [0.25, 0.3) is 0 Å². The summed E-state index contributed by atoms with van der Waals surface area (Å²) in [6, 6.07) is 7.98. The van der Waals surface area contributed by atoms with E-state index in [0.717, 1.165) is 17.2 Å². The van der Waals surface area contributed by atoms with E-state index in [1.165, 1.54) is 0 Å². The number of alkyl halides is 3. The van der Waals surface area contributed by atoms with Gasteiger partial charge in [0, 0.05) is 18.7 Å². The first-order chi connectivity index (χ1) is 11.3. The van der Waals surface area contributed by atoms with Crippen molar-refractivity contribution in [2.75, 3.05) is 17.2 Å². The Balaban J connectivity index is 2.24. The highest BCUT2D eigenvalue weighted by Crippen LogP contribution is 2.30. The average Bonchev–Trinajstić information content (AvgIpc) is 2.53. The Bertz CT molecular complexity index is 691. The molecule has 0 aliphatic carbocycles. The number of aromatic nitrogens is 2. The molecule has 1 aromatic carbocycles. The lowest BCUT2D eigenvalue weighted by molar-refractivity contribution is -0.141. The first-order valence-electron chi connectivity index (χ1n) is 7.41. The maximum atomic E-state index is 13.0. The van der Waals surface area contributed by atoms with Gasteiger partial charge in [-0.05, 0) is 25.0 Å². The van der Waals surface area contributed by atoms with Gasteiger partial charge < -0.3 is 15.7 Å². The number of aliphatic hydroxyl groups is 1. The normalized spacial score (nSPS) is 12.8. The number of halogens is 3. The van der Waals surface area contributed by atoms with Crippen molar-refractivity contribution in [1.29, 1.82) is 0 Å². The summed E-state index contributed by atoms with van der Waals surface area (Å²) in [6.07, 6.45) is -4.58. The van der Waals surface area contributed by atoms with Crippen molar-refractivity contribution in [2.24, 2.45) is 0 Å². The summed E-state index contributed by atoms with van der Waals surface area (Å²) in [4.78, 5) is 7.50. The molecule has 0 radical (unpaired) electrons. The molecule has 0 saturated carbocycles. The summed E-state index contributed by atoms with van der Waals surface area (Å²) >= 11 is 0.